The highest BCUT2D eigenvalue weighted by atomic mass is 35.5. The number of phenols is 1. The van der Waals surface area contributed by atoms with Gasteiger partial charge in [0, 0.05) is 5.02 Å². The maximum atomic E-state index is 13.5. The number of carbonyl (C=O) groups is 1. The SMILES string of the molecule is O=C(Nc1cc(Cl)ccc1O)Nc1c(F)cccc1Cl. The molecule has 0 unspecified atom stereocenters. The predicted octanol–water partition coefficient (Wildman–Crippen LogP) is 4.48. The summed E-state index contributed by atoms with van der Waals surface area (Å²) in [5, 5.41) is 14.6. The molecular formula is C13H9Cl2FN2O2. The number of hydrogen-bond acceptors (Lipinski definition) is 2. The summed E-state index contributed by atoms with van der Waals surface area (Å²) >= 11 is 11.5. The van der Waals surface area contributed by atoms with Gasteiger partial charge in [0.15, 0.2) is 0 Å². The summed E-state index contributed by atoms with van der Waals surface area (Å²) in [4.78, 5) is 11.7. The molecule has 0 aliphatic rings. The summed E-state index contributed by atoms with van der Waals surface area (Å²) in [6, 6.07) is 7.43. The number of rotatable bonds is 2. The Balaban J connectivity index is 2.15. The van der Waals surface area contributed by atoms with E-state index >= 15 is 0 Å². The molecule has 2 aromatic rings. The van der Waals surface area contributed by atoms with Crippen LogP contribution in [0.15, 0.2) is 36.4 Å². The highest BCUT2D eigenvalue weighted by molar-refractivity contribution is 6.34. The fourth-order valence-electron chi connectivity index (χ4n) is 1.49. The molecule has 0 aromatic heterocycles. The molecule has 0 spiro atoms. The summed E-state index contributed by atoms with van der Waals surface area (Å²) in [7, 11) is 0. The Hall–Kier alpha value is -1.98. The van der Waals surface area contributed by atoms with E-state index < -0.39 is 11.8 Å². The third kappa shape index (κ3) is 3.31. The van der Waals surface area contributed by atoms with Crippen LogP contribution in [0.1, 0.15) is 0 Å². The lowest BCUT2D eigenvalue weighted by molar-refractivity contribution is 0.262. The van der Waals surface area contributed by atoms with Gasteiger partial charge in [-0.05, 0) is 30.3 Å². The van der Waals surface area contributed by atoms with Gasteiger partial charge in [0.25, 0.3) is 0 Å². The van der Waals surface area contributed by atoms with Crippen molar-refractivity contribution in [2.75, 3.05) is 10.6 Å². The highest BCUT2D eigenvalue weighted by Gasteiger charge is 2.12. The molecule has 7 heteroatoms. The van der Waals surface area contributed by atoms with Crippen LogP contribution >= 0.6 is 23.2 Å². The first-order chi connectivity index (χ1) is 9.47. The molecule has 20 heavy (non-hydrogen) atoms. The Labute approximate surface area is 124 Å². The molecule has 0 radical (unpaired) electrons. The zero-order chi connectivity index (χ0) is 14.7. The number of hydrogen-bond donors (Lipinski definition) is 3. The minimum Gasteiger partial charge on any atom is -0.506 e. The van der Waals surface area contributed by atoms with Gasteiger partial charge in [0.1, 0.15) is 11.6 Å². The number of amides is 2. The minimum absolute atomic E-state index is 0.0652. The van der Waals surface area contributed by atoms with Crippen LogP contribution < -0.4 is 10.6 Å². The highest BCUT2D eigenvalue weighted by Crippen LogP contribution is 2.28. The number of carbonyl (C=O) groups excluding carboxylic acids is 1. The van der Waals surface area contributed by atoms with E-state index in [1.807, 2.05) is 0 Å². The van der Waals surface area contributed by atoms with Gasteiger partial charge in [-0.15, -0.1) is 0 Å². The normalized spacial score (nSPS) is 10.2. The number of anilines is 2. The molecular weight excluding hydrogens is 306 g/mol. The monoisotopic (exact) mass is 314 g/mol. The number of phenolic OH excluding ortho intramolecular Hbond substituents is 1. The van der Waals surface area contributed by atoms with E-state index in [0.717, 1.165) is 0 Å². The Morgan fingerprint density at radius 2 is 1.90 bits per heavy atom. The second kappa shape index (κ2) is 5.98. The molecule has 2 rings (SSSR count). The summed E-state index contributed by atoms with van der Waals surface area (Å²) in [6.07, 6.45) is 0. The number of benzene rings is 2. The van der Waals surface area contributed by atoms with Crippen molar-refractivity contribution in [2.24, 2.45) is 0 Å². The standard InChI is InChI=1S/C13H9Cl2FN2O2/c14-7-4-5-11(19)10(6-7)17-13(20)18-12-8(15)2-1-3-9(12)16/h1-6,19H,(H2,17,18,20). The van der Waals surface area contributed by atoms with Gasteiger partial charge in [0.2, 0.25) is 0 Å². The van der Waals surface area contributed by atoms with Crippen LogP contribution in [0.5, 0.6) is 5.75 Å². The molecule has 0 fully saturated rings. The summed E-state index contributed by atoms with van der Waals surface area (Å²) in [6.45, 7) is 0. The zero-order valence-corrected chi connectivity index (χ0v) is 11.5. The van der Waals surface area contributed by atoms with E-state index in [1.54, 1.807) is 0 Å². The quantitative estimate of drug-likeness (QED) is 0.715. The van der Waals surface area contributed by atoms with Crippen molar-refractivity contribution in [2.45, 2.75) is 0 Å². The van der Waals surface area contributed by atoms with E-state index in [9.17, 15) is 14.3 Å². The lowest BCUT2D eigenvalue weighted by Gasteiger charge is -2.11. The Morgan fingerprint density at radius 3 is 2.60 bits per heavy atom. The van der Waals surface area contributed by atoms with Crippen molar-refractivity contribution in [3.8, 4) is 5.75 Å². The van der Waals surface area contributed by atoms with Crippen LogP contribution in [0.2, 0.25) is 10.0 Å². The van der Waals surface area contributed by atoms with Crippen LogP contribution in [0.4, 0.5) is 20.6 Å². The molecule has 0 bridgehead atoms. The lowest BCUT2D eigenvalue weighted by Crippen LogP contribution is -2.20. The van der Waals surface area contributed by atoms with Crippen LogP contribution in [0.25, 0.3) is 0 Å². The fourth-order valence-corrected chi connectivity index (χ4v) is 1.88. The average molecular weight is 315 g/mol. The van der Waals surface area contributed by atoms with Gasteiger partial charge in [-0.1, -0.05) is 29.3 Å². The van der Waals surface area contributed by atoms with Crippen LogP contribution in [0.3, 0.4) is 0 Å². The van der Waals surface area contributed by atoms with Crippen molar-refractivity contribution in [1.29, 1.82) is 0 Å². The minimum atomic E-state index is -0.755. The maximum absolute atomic E-state index is 13.5. The van der Waals surface area contributed by atoms with Crippen LogP contribution in [0, 0.1) is 5.82 Å². The summed E-state index contributed by atoms with van der Waals surface area (Å²) in [5.74, 6) is -0.827. The topological polar surface area (TPSA) is 61.4 Å². The van der Waals surface area contributed by atoms with Crippen molar-refractivity contribution in [1.82, 2.24) is 0 Å². The van der Waals surface area contributed by atoms with Crippen LogP contribution in [-0.2, 0) is 0 Å². The van der Waals surface area contributed by atoms with Crippen molar-refractivity contribution in [3.63, 3.8) is 0 Å². The Kier molecular flexibility index (Phi) is 4.32. The van der Waals surface area contributed by atoms with Gasteiger partial charge < -0.3 is 15.7 Å². The Bertz CT molecular complexity index is 645. The van der Waals surface area contributed by atoms with Gasteiger partial charge in [-0.3, -0.25) is 0 Å². The second-order valence-electron chi connectivity index (χ2n) is 3.84. The number of nitrogens with one attached hydrogen (secondary N) is 2. The van der Waals surface area contributed by atoms with Gasteiger partial charge in [-0.2, -0.15) is 0 Å². The first-order valence-corrected chi connectivity index (χ1v) is 6.23. The number of para-hydroxylation sites is 1. The summed E-state index contributed by atoms with van der Waals surface area (Å²) in [5.41, 5.74) is -0.0457. The number of aromatic hydroxyl groups is 1. The fraction of sp³-hybridized carbons (Fsp3) is 0. The van der Waals surface area contributed by atoms with Gasteiger partial charge in [-0.25, -0.2) is 9.18 Å². The van der Waals surface area contributed by atoms with E-state index in [-0.39, 0.29) is 22.1 Å². The maximum Gasteiger partial charge on any atom is 0.323 e. The molecule has 0 saturated heterocycles. The smallest absolute Gasteiger partial charge is 0.323 e. The number of urea groups is 1. The van der Waals surface area contributed by atoms with Crippen molar-refractivity contribution >= 4 is 40.6 Å². The van der Waals surface area contributed by atoms with Gasteiger partial charge >= 0.3 is 6.03 Å². The van der Waals surface area contributed by atoms with E-state index in [1.165, 1.54) is 36.4 Å². The van der Waals surface area contributed by atoms with E-state index in [2.05, 4.69) is 10.6 Å². The largest absolute Gasteiger partial charge is 0.506 e. The first kappa shape index (κ1) is 14.4. The lowest BCUT2D eigenvalue weighted by atomic mass is 10.3. The molecule has 0 aliphatic carbocycles. The number of halogens is 3. The van der Waals surface area contributed by atoms with Crippen LogP contribution in [-0.4, -0.2) is 11.1 Å². The van der Waals surface area contributed by atoms with Crippen molar-refractivity contribution in [3.05, 3.63) is 52.3 Å². The van der Waals surface area contributed by atoms with Gasteiger partial charge in [0.05, 0.1) is 16.4 Å². The molecule has 0 aliphatic heterocycles. The molecule has 0 saturated carbocycles. The third-order valence-corrected chi connectivity index (χ3v) is 2.96. The molecule has 2 aromatic carbocycles. The Morgan fingerprint density at radius 1 is 1.15 bits per heavy atom. The summed E-state index contributed by atoms with van der Waals surface area (Å²) < 4.78 is 13.5. The molecule has 0 atom stereocenters. The average Bonchev–Trinajstić information content (AvgIpc) is 2.38. The molecule has 104 valence electrons. The van der Waals surface area contributed by atoms with Crippen molar-refractivity contribution < 1.29 is 14.3 Å². The molecule has 0 heterocycles. The predicted molar refractivity (Wildman–Crippen MR) is 77.2 cm³/mol. The second-order valence-corrected chi connectivity index (χ2v) is 4.68. The first-order valence-electron chi connectivity index (χ1n) is 5.48. The van der Waals surface area contributed by atoms with E-state index in [4.69, 9.17) is 23.2 Å². The zero-order valence-electron chi connectivity index (χ0n) is 9.95. The molecule has 4 nitrogen and oxygen atoms in total. The molecule has 3 N–H and O–H groups in total. The van der Waals surface area contributed by atoms with E-state index in [0.29, 0.717) is 5.02 Å². The molecule has 2 amide bonds. The third-order valence-electron chi connectivity index (χ3n) is 2.41.